The molecule has 0 fully saturated rings. The van der Waals surface area contributed by atoms with Crippen molar-refractivity contribution in [3.8, 4) is 11.5 Å². The number of rotatable bonds is 8. The molecule has 7 heteroatoms. The number of para-hydroxylation sites is 1. The summed E-state index contributed by atoms with van der Waals surface area (Å²) in [6.07, 6.45) is 0. The summed E-state index contributed by atoms with van der Waals surface area (Å²) < 4.78 is 31.7. The third kappa shape index (κ3) is 5.66. The zero-order valence-electron chi connectivity index (χ0n) is 16.0. The van der Waals surface area contributed by atoms with Crippen LogP contribution in [0.1, 0.15) is 5.56 Å². The summed E-state index contributed by atoms with van der Waals surface area (Å²) in [5.41, 5.74) is 0.882. The second-order valence-corrected chi connectivity index (χ2v) is 8.45. The Morgan fingerprint density at radius 2 is 1.41 bits per heavy atom. The number of sulfonamides is 1. The van der Waals surface area contributed by atoms with Crippen molar-refractivity contribution in [2.45, 2.75) is 11.4 Å². The molecule has 0 aliphatic heterocycles. The average molecular weight is 410 g/mol. The van der Waals surface area contributed by atoms with Crippen LogP contribution in [-0.4, -0.2) is 32.2 Å². The summed E-state index contributed by atoms with van der Waals surface area (Å²) in [5.74, 6) is 1.06. The van der Waals surface area contributed by atoms with E-state index in [4.69, 9.17) is 4.74 Å². The molecule has 0 saturated heterocycles. The van der Waals surface area contributed by atoms with Gasteiger partial charge in [-0.15, -0.1) is 0 Å². The molecular weight excluding hydrogens is 388 g/mol. The lowest BCUT2D eigenvalue weighted by Crippen LogP contribution is -2.38. The van der Waals surface area contributed by atoms with Gasteiger partial charge < -0.3 is 10.1 Å². The molecule has 3 aromatic carbocycles. The maximum absolute atomic E-state index is 12.5. The number of hydrogen-bond donors (Lipinski definition) is 1. The van der Waals surface area contributed by atoms with Crippen molar-refractivity contribution in [1.82, 2.24) is 9.62 Å². The Labute approximate surface area is 170 Å². The Bertz CT molecular complexity index is 1040. The molecular formula is C22H22N2O4S. The van der Waals surface area contributed by atoms with Gasteiger partial charge in [-0.25, -0.2) is 8.42 Å². The molecule has 0 aliphatic carbocycles. The summed E-state index contributed by atoms with van der Waals surface area (Å²) in [4.78, 5) is 12.3. The highest BCUT2D eigenvalue weighted by molar-refractivity contribution is 7.89. The van der Waals surface area contributed by atoms with E-state index < -0.39 is 10.0 Å². The fourth-order valence-corrected chi connectivity index (χ4v) is 3.76. The molecule has 29 heavy (non-hydrogen) atoms. The molecule has 3 aromatic rings. The predicted octanol–water partition coefficient (Wildman–Crippen LogP) is 3.42. The van der Waals surface area contributed by atoms with Gasteiger partial charge >= 0.3 is 0 Å². The van der Waals surface area contributed by atoms with E-state index in [0.717, 1.165) is 15.6 Å². The third-order valence-electron chi connectivity index (χ3n) is 4.21. The fourth-order valence-electron chi connectivity index (χ4n) is 2.62. The molecule has 0 aromatic heterocycles. The highest BCUT2D eigenvalue weighted by Gasteiger charge is 2.22. The second-order valence-electron chi connectivity index (χ2n) is 6.41. The van der Waals surface area contributed by atoms with E-state index in [-0.39, 0.29) is 17.3 Å². The van der Waals surface area contributed by atoms with E-state index in [1.807, 2.05) is 54.6 Å². The first-order valence-corrected chi connectivity index (χ1v) is 10.5. The van der Waals surface area contributed by atoms with Gasteiger partial charge in [0, 0.05) is 13.6 Å². The predicted molar refractivity (Wildman–Crippen MR) is 111 cm³/mol. The Morgan fingerprint density at radius 3 is 2.03 bits per heavy atom. The molecule has 3 rings (SSSR count). The van der Waals surface area contributed by atoms with E-state index >= 15 is 0 Å². The van der Waals surface area contributed by atoms with Crippen molar-refractivity contribution < 1.29 is 17.9 Å². The standard InChI is InChI=1S/C22H22N2O4S/c1-24(29(26,27)21-10-6-3-7-11-21)17-22(25)23-16-18-12-14-20(15-13-18)28-19-8-4-2-5-9-19/h2-15H,16-17H2,1H3,(H,23,25). The zero-order valence-corrected chi connectivity index (χ0v) is 16.8. The van der Waals surface area contributed by atoms with Crippen LogP contribution in [0, 0.1) is 0 Å². The van der Waals surface area contributed by atoms with Crippen LogP contribution in [-0.2, 0) is 21.4 Å². The van der Waals surface area contributed by atoms with Gasteiger partial charge in [-0.2, -0.15) is 4.31 Å². The molecule has 0 unspecified atom stereocenters. The van der Waals surface area contributed by atoms with Crippen LogP contribution in [0.25, 0.3) is 0 Å². The Hall–Kier alpha value is -3.16. The number of carbonyl (C=O) groups excluding carboxylic acids is 1. The summed E-state index contributed by atoms with van der Waals surface area (Å²) in [5, 5.41) is 2.74. The number of nitrogens with one attached hydrogen (secondary N) is 1. The van der Waals surface area contributed by atoms with Crippen LogP contribution in [0.3, 0.4) is 0 Å². The first-order valence-electron chi connectivity index (χ1n) is 9.05. The number of nitrogens with zero attached hydrogens (tertiary/aromatic N) is 1. The first-order chi connectivity index (χ1) is 13.9. The monoisotopic (exact) mass is 410 g/mol. The molecule has 1 amide bonds. The van der Waals surface area contributed by atoms with Crippen molar-refractivity contribution >= 4 is 15.9 Å². The summed E-state index contributed by atoms with van der Waals surface area (Å²) in [6, 6.07) is 24.8. The van der Waals surface area contributed by atoms with E-state index in [2.05, 4.69) is 5.32 Å². The van der Waals surface area contributed by atoms with Gasteiger partial charge in [-0.3, -0.25) is 4.79 Å². The van der Waals surface area contributed by atoms with Crippen LogP contribution in [0.5, 0.6) is 11.5 Å². The zero-order chi connectivity index (χ0) is 20.7. The van der Waals surface area contributed by atoms with Crippen LogP contribution in [0.4, 0.5) is 0 Å². The Kier molecular flexibility index (Phi) is 6.64. The fraction of sp³-hybridized carbons (Fsp3) is 0.136. The Morgan fingerprint density at radius 1 is 0.862 bits per heavy atom. The van der Waals surface area contributed by atoms with Gasteiger partial charge in [-0.1, -0.05) is 48.5 Å². The first kappa shape index (κ1) is 20.6. The van der Waals surface area contributed by atoms with E-state index in [9.17, 15) is 13.2 Å². The number of hydrogen-bond acceptors (Lipinski definition) is 4. The molecule has 6 nitrogen and oxygen atoms in total. The van der Waals surface area contributed by atoms with Gasteiger partial charge in [0.05, 0.1) is 11.4 Å². The lowest BCUT2D eigenvalue weighted by molar-refractivity contribution is -0.121. The second kappa shape index (κ2) is 9.36. The number of benzene rings is 3. The van der Waals surface area contributed by atoms with Crippen LogP contribution in [0.2, 0.25) is 0 Å². The van der Waals surface area contributed by atoms with Crippen LogP contribution >= 0.6 is 0 Å². The molecule has 0 saturated carbocycles. The van der Waals surface area contributed by atoms with Gasteiger partial charge in [0.15, 0.2) is 0 Å². The molecule has 1 N–H and O–H groups in total. The van der Waals surface area contributed by atoms with E-state index in [1.165, 1.54) is 19.2 Å². The van der Waals surface area contributed by atoms with Gasteiger partial charge in [-0.05, 0) is 42.0 Å². The SMILES string of the molecule is CN(CC(=O)NCc1ccc(Oc2ccccc2)cc1)S(=O)(=O)c1ccccc1. The smallest absolute Gasteiger partial charge is 0.243 e. The minimum Gasteiger partial charge on any atom is -0.457 e. The van der Waals surface area contributed by atoms with Crippen molar-refractivity contribution in [2.75, 3.05) is 13.6 Å². The lowest BCUT2D eigenvalue weighted by atomic mass is 10.2. The van der Waals surface area contributed by atoms with Crippen molar-refractivity contribution in [3.05, 3.63) is 90.5 Å². The van der Waals surface area contributed by atoms with Crippen LogP contribution < -0.4 is 10.1 Å². The largest absolute Gasteiger partial charge is 0.457 e. The normalized spacial score (nSPS) is 11.2. The lowest BCUT2D eigenvalue weighted by Gasteiger charge is -2.17. The number of likely N-dealkylation sites (N-methyl/N-ethyl adjacent to an activating group) is 1. The highest BCUT2D eigenvalue weighted by atomic mass is 32.2. The molecule has 150 valence electrons. The molecule has 0 bridgehead atoms. The molecule has 0 atom stereocenters. The molecule has 0 spiro atoms. The number of amides is 1. The van der Waals surface area contributed by atoms with E-state index in [1.54, 1.807) is 18.2 Å². The molecule has 0 aliphatic rings. The number of ether oxygens (including phenoxy) is 1. The van der Waals surface area contributed by atoms with Crippen molar-refractivity contribution in [1.29, 1.82) is 0 Å². The molecule has 0 heterocycles. The van der Waals surface area contributed by atoms with Crippen molar-refractivity contribution in [3.63, 3.8) is 0 Å². The van der Waals surface area contributed by atoms with Crippen molar-refractivity contribution in [2.24, 2.45) is 0 Å². The average Bonchev–Trinajstić information content (AvgIpc) is 2.74. The number of carbonyl (C=O) groups is 1. The summed E-state index contributed by atoms with van der Waals surface area (Å²) in [6.45, 7) is 0.0378. The van der Waals surface area contributed by atoms with E-state index in [0.29, 0.717) is 12.3 Å². The Balaban J connectivity index is 1.51. The maximum atomic E-state index is 12.5. The topological polar surface area (TPSA) is 75.7 Å². The van der Waals surface area contributed by atoms with Gasteiger partial charge in [0.1, 0.15) is 11.5 Å². The minimum absolute atomic E-state index is 0.157. The summed E-state index contributed by atoms with van der Waals surface area (Å²) in [7, 11) is -2.31. The van der Waals surface area contributed by atoms with Crippen LogP contribution in [0.15, 0.2) is 89.8 Å². The summed E-state index contributed by atoms with van der Waals surface area (Å²) >= 11 is 0. The van der Waals surface area contributed by atoms with Gasteiger partial charge in [0.25, 0.3) is 0 Å². The van der Waals surface area contributed by atoms with Gasteiger partial charge in [0.2, 0.25) is 15.9 Å². The maximum Gasteiger partial charge on any atom is 0.243 e. The highest BCUT2D eigenvalue weighted by Crippen LogP contribution is 2.21. The quantitative estimate of drug-likeness (QED) is 0.617. The third-order valence-corrected chi connectivity index (χ3v) is 6.03. The molecule has 0 radical (unpaired) electrons. The minimum atomic E-state index is -3.70.